The third-order valence-electron chi connectivity index (χ3n) is 6.32. The molecule has 1 amide bonds. The molecule has 1 unspecified atom stereocenters. The van der Waals surface area contributed by atoms with Crippen molar-refractivity contribution >= 4 is 27.5 Å². The van der Waals surface area contributed by atoms with Gasteiger partial charge in [-0.25, -0.2) is 31.4 Å². The number of hydrogen-bond acceptors (Lipinski definition) is 5. The van der Waals surface area contributed by atoms with Crippen LogP contribution in [0.1, 0.15) is 24.1 Å². The lowest BCUT2D eigenvalue weighted by atomic mass is 10.0. The number of aryl methyl sites for hydroxylation is 1. The molecule has 0 radical (unpaired) electrons. The van der Waals surface area contributed by atoms with E-state index in [9.17, 15) is 22.7 Å². The predicted molar refractivity (Wildman–Crippen MR) is 124 cm³/mol. The molecule has 1 aromatic carbocycles. The summed E-state index contributed by atoms with van der Waals surface area (Å²) in [5.41, 5.74) is -0.260. The number of pyridine rings is 1. The highest BCUT2D eigenvalue weighted by Gasteiger charge is 2.37. The first-order chi connectivity index (χ1) is 17.0. The molecule has 3 aromatic rings. The maximum Gasteiger partial charge on any atom is 0.407 e. The van der Waals surface area contributed by atoms with Gasteiger partial charge in [0.05, 0.1) is 47.1 Å². The molecule has 1 saturated carbocycles. The van der Waals surface area contributed by atoms with E-state index in [1.54, 1.807) is 22.7 Å². The average molecular weight is 525 g/mol. The number of sulfonamides is 1. The van der Waals surface area contributed by atoms with Crippen molar-refractivity contribution in [1.82, 2.24) is 14.3 Å². The molecule has 192 valence electrons. The Kier molecular flexibility index (Phi) is 6.07. The summed E-state index contributed by atoms with van der Waals surface area (Å²) in [4.78, 5) is 17.0. The molecule has 36 heavy (non-hydrogen) atoms. The number of carboxylic acid groups (broad SMARTS) is 1. The van der Waals surface area contributed by atoms with Gasteiger partial charge in [-0.15, -0.1) is 0 Å². The zero-order valence-corrected chi connectivity index (χ0v) is 20.0. The highest BCUT2D eigenvalue weighted by atomic mass is 32.2. The molecular formula is C23H23F3N4O5S. The number of aromatic nitrogens is 2. The fraction of sp³-hybridized carbons (Fsp3) is 0.391. The number of nitrogens with one attached hydrogen (secondary N) is 1. The number of nitrogens with zero attached hydrogens (tertiary/aromatic N) is 3. The smallest absolute Gasteiger partial charge is 0.407 e. The summed E-state index contributed by atoms with van der Waals surface area (Å²) < 4.78 is 79.2. The van der Waals surface area contributed by atoms with E-state index in [-0.39, 0.29) is 31.8 Å². The molecule has 1 saturated heterocycles. The molecule has 3 heterocycles. The Hall–Kier alpha value is -3.32. The van der Waals surface area contributed by atoms with Gasteiger partial charge in [-0.05, 0) is 37.5 Å². The molecule has 2 aliphatic rings. The van der Waals surface area contributed by atoms with Gasteiger partial charge in [0, 0.05) is 25.2 Å². The maximum absolute atomic E-state index is 15.3. The topological polar surface area (TPSA) is 113 Å². The number of halogens is 3. The molecule has 5 rings (SSSR count). The molecule has 2 N–H and O–H groups in total. The van der Waals surface area contributed by atoms with Gasteiger partial charge in [0.2, 0.25) is 10.0 Å². The maximum atomic E-state index is 15.3. The van der Waals surface area contributed by atoms with Crippen LogP contribution in [0, 0.1) is 24.4 Å². The van der Waals surface area contributed by atoms with Gasteiger partial charge in [-0.1, -0.05) is 0 Å². The van der Waals surface area contributed by atoms with Crippen LogP contribution in [0.25, 0.3) is 16.9 Å². The van der Waals surface area contributed by atoms with Crippen LogP contribution < -0.4 is 4.72 Å². The lowest BCUT2D eigenvalue weighted by molar-refractivity contribution is -0.0214. The first-order valence-corrected chi connectivity index (χ1v) is 12.9. The predicted octanol–water partition coefficient (Wildman–Crippen LogP) is 3.55. The number of hydrogen-bond donors (Lipinski definition) is 2. The second kappa shape index (κ2) is 8.96. The van der Waals surface area contributed by atoms with Gasteiger partial charge in [0.15, 0.2) is 11.6 Å². The number of imidazole rings is 1. The minimum Gasteiger partial charge on any atom is -0.465 e. The van der Waals surface area contributed by atoms with Crippen molar-refractivity contribution in [2.45, 2.75) is 37.5 Å². The van der Waals surface area contributed by atoms with Crippen molar-refractivity contribution in [2.24, 2.45) is 0 Å². The molecule has 1 aliphatic heterocycles. The Balaban J connectivity index is 1.59. The van der Waals surface area contributed by atoms with Gasteiger partial charge in [0.1, 0.15) is 11.5 Å². The van der Waals surface area contributed by atoms with Crippen molar-refractivity contribution in [3.8, 4) is 11.3 Å². The van der Waals surface area contributed by atoms with Gasteiger partial charge in [-0.2, -0.15) is 0 Å². The zero-order chi connectivity index (χ0) is 25.8. The number of carbonyl (C=O) groups is 1. The Bertz CT molecular complexity index is 1470. The van der Waals surface area contributed by atoms with Crippen molar-refractivity contribution in [3.05, 3.63) is 53.1 Å². The number of benzene rings is 1. The Labute approximate surface area is 204 Å². The largest absolute Gasteiger partial charge is 0.465 e. The summed E-state index contributed by atoms with van der Waals surface area (Å²) in [6.07, 6.45) is 0.744. The Morgan fingerprint density at radius 2 is 2.00 bits per heavy atom. The van der Waals surface area contributed by atoms with Crippen LogP contribution in [0.5, 0.6) is 0 Å². The van der Waals surface area contributed by atoms with E-state index in [0.29, 0.717) is 30.2 Å². The van der Waals surface area contributed by atoms with Gasteiger partial charge in [-0.3, -0.25) is 4.72 Å². The van der Waals surface area contributed by atoms with Gasteiger partial charge < -0.3 is 19.1 Å². The monoisotopic (exact) mass is 524 g/mol. The second-order valence-electron chi connectivity index (χ2n) is 9.02. The molecule has 1 aliphatic carbocycles. The summed E-state index contributed by atoms with van der Waals surface area (Å²) in [7, 11) is -3.95. The molecule has 1 atom stereocenters. The number of fused-ring (bicyclic) bond motifs is 1. The summed E-state index contributed by atoms with van der Waals surface area (Å²) in [5, 5.41) is 8.62. The fourth-order valence-electron chi connectivity index (χ4n) is 4.33. The SMILES string of the molecule is Cc1ccn2c(CC3CN(C(=O)O)CCO3)c(-c3c(F)cc(NS(=O)(=O)C4CC4)c(F)c3F)nc2c1. The number of morpholine rings is 1. The van der Waals surface area contributed by atoms with E-state index in [1.807, 2.05) is 11.6 Å². The zero-order valence-electron chi connectivity index (χ0n) is 19.2. The minimum atomic E-state index is -3.95. The molecule has 13 heteroatoms. The van der Waals surface area contributed by atoms with Crippen molar-refractivity contribution in [1.29, 1.82) is 0 Å². The molecule has 0 spiro atoms. The molecular weight excluding hydrogens is 501 g/mol. The minimum absolute atomic E-state index is 0.0368. The number of ether oxygens (including phenoxy) is 1. The van der Waals surface area contributed by atoms with Gasteiger partial charge >= 0.3 is 6.09 Å². The fourth-order valence-corrected chi connectivity index (χ4v) is 5.70. The van der Waals surface area contributed by atoms with E-state index in [0.717, 1.165) is 5.56 Å². The normalized spacial score (nSPS) is 18.6. The lowest BCUT2D eigenvalue weighted by Gasteiger charge is -2.31. The van der Waals surface area contributed by atoms with E-state index >= 15 is 8.78 Å². The van der Waals surface area contributed by atoms with Crippen molar-refractivity contribution in [2.75, 3.05) is 24.4 Å². The van der Waals surface area contributed by atoms with Crippen LogP contribution in [0.15, 0.2) is 24.4 Å². The molecule has 9 nitrogen and oxygen atoms in total. The van der Waals surface area contributed by atoms with Crippen LogP contribution in [0.4, 0.5) is 23.7 Å². The van der Waals surface area contributed by atoms with Crippen molar-refractivity contribution in [3.63, 3.8) is 0 Å². The van der Waals surface area contributed by atoms with E-state index in [4.69, 9.17) is 4.74 Å². The van der Waals surface area contributed by atoms with Crippen LogP contribution in [0.2, 0.25) is 0 Å². The van der Waals surface area contributed by atoms with Crippen LogP contribution in [0.3, 0.4) is 0 Å². The summed E-state index contributed by atoms with van der Waals surface area (Å²) in [6.45, 7) is 2.19. The summed E-state index contributed by atoms with van der Waals surface area (Å²) in [5.74, 6) is -4.32. The first-order valence-electron chi connectivity index (χ1n) is 11.3. The van der Waals surface area contributed by atoms with Crippen LogP contribution in [-0.2, 0) is 21.2 Å². The molecule has 0 bridgehead atoms. The number of anilines is 1. The van der Waals surface area contributed by atoms with Crippen LogP contribution in [-0.4, -0.2) is 65.0 Å². The summed E-state index contributed by atoms with van der Waals surface area (Å²) in [6, 6.07) is 4.05. The highest BCUT2D eigenvalue weighted by Crippen LogP contribution is 2.36. The van der Waals surface area contributed by atoms with E-state index < -0.39 is 56.2 Å². The third kappa shape index (κ3) is 4.48. The standard InChI is InChI=1S/C23H23F3N4O5S/c1-12-4-5-30-17(9-13-11-29(23(31)32)6-7-35-13)22(27-18(30)8-12)19-15(24)10-16(20(25)21(19)26)28-36(33,34)14-2-3-14/h4-5,8,10,13-14,28H,2-3,6-7,9,11H2,1H3,(H,31,32). The Morgan fingerprint density at radius 1 is 1.25 bits per heavy atom. The lowest BCUT2D eigenvalue weighted by Crippen LogP contribution is -2.45. The highest BCUT2D eigenvalue weighted by molar-refractivity contribution is 7.93. The quantitative estimate of drug-likeness (QED) is 0.477. The van der Waals surface area contributed by atoms with E-state index in [1.165, 1.54) is 4.90 Å². The average Bonchev–Trinajstić information content (AvgIpc) is 3.63. The van der Waals surface area contributed by atoms with E-state index in [2.05, 4.69) is 4.98 Å². The van der Waals surface area contributed by atoms with Gasteiger partial charge in [0.25, 0.3) is 0 Å². The van der Waals surface area contributed by atoms with Crippen molar-refractivity contribution < 1.29 is 36.2 Å². The number of rotatable bonds is 6. The molecule has 2 aromatic heterocycles. The first kappa shape index (κ1) is 24.4. The second-order valence-corrected chi connectivity index (χ2v) is 11.0. The van der Waals surface area contributed by atoms with Crippen LogP contribution >= 0.6 is 0 Å². The number of amides is 1. The summed E-state index contributed by atoms with van der Waals surface area (Å²) >= 11 is 0. The third-order valence-corrected chi connectivity index (χ3v) is 8.18. The molecule has 2 fully saturated rings. The Morgan fingerprint density at radius 3 is 2.69 bits per heavy atom.